The van der Waals surface area contributed by atoms with Gasteiger partial charge in [-0.15, -0.1) is 0 Å². The van der Waals surface area contributed by atoms with E-state index in [4.69, 9.17) is 4.74 Å². The highest BCUT2D eigenvalue weighted by molar-refractivity contribution is 5.25. The monoisotopic (exact) mass is 211 g/mol. The van der Waals surface area contributed by atoms with Crippen LogP contribution in [0.2, 0.25) is 0 Å². The van der Waals surface area contributed by atoms with Crippen molar-refractivity contribution in [3.05, 3.63) is 12.4 Å². The number of nitrogens with one attached hydrogen (secondary N) is 1. The fourth-order valence-electron chi connectivity index (χ4n) is 1.34. The molecule has 0 aromatic carbocycles. The molecule has 4 nitrogen and oxygen atoms in total. The highest BCUT2D eigenvalue weighted by Gasteiger charge is 2.00. The third kappa shape index (κ3) is 4.34. The molecule has 0 aliphatic heterocycles. The minimum Gasteiger partial charge on any atom is -0.380 e. The summed E-state index contributed by atoms with van der Waals surface area (Å²) in [6, 6.07) is 0. The molecule has 4 heteroatoms. The van der Waals surface area contributed by atoms with Crippen molar-refractivity contribution in [1.82, 2.24) is 9.55 Å². The van der Waals surface area contributed by atoms with Gasteiger partial charge in [-0.1, -0.05) is 13.3 Å². The first kappa shape index (κ1) is 12.0. The van der Waals surface area contributed by atoms with Crippen LogP contribution in [-0.2, 0) is 11.3 Å². The Kier molecular flexibility index (Phi) is 5.85. The van der Waals surface area contributed by atoms with Gasteiger partial charge in [-0.3, -0.25) is 0 Å². The van der Waals surface area contributed by atoms with E-state index in [1.165, 1.54) is 12.8 Å². The molecule has 0 saturated heterocycles. The molecule has 0 fully saturated rings. The van der Waals surface area contributed by atoms with Crippen LogP contribution in [0.3, 0.4) is 0 Å². The summed E-state index contributed by atoms with van der Waals surface area (Å²) in [4.78, 5) is 4.26. The van der Waals surface area contributed by atoms with Gasteiger partial charge in [0.1, 0.15) is 0 Å². The maximum atomic E-state index is 5.31. The van der Waals surface area contributed by atoms with Gasteiger partial charge in [-0.05, 0) is 13.3 Å². The molecule has 0 spiro atoms. The SMILES string of the molecule is CCCCNc1nccn1CCOCC. The first-order valence-corrected chi connectivity index (χ1v) is 5.71. The van der Waals surface area contributed by atoms with Gasteiger partial charge in [0, 0.05) is 32.1 Å². The minimum absolute atomic E-state index is 0.745. The Balaban J connectivity index is 2.32. The summed E-state index contributed by atoms with van der Waals surface area (Å²) in [5.74, 6) is 0.947. The largest absolute Gasteiger partial charge is 0.380 e. The molecular formula is C11H21N3O. The Labute approximate surface area is 91.7 Å². The van der Waals surface area contributed by atoms with E-state index in [1.807, 2.05) is 19.3 Å². The fraction of sp³-hybridized carbons (Fsp3) is 0.727. The molecule has 0 amide bonds. The van der Waals surface area contributed by atoms with E-state index in [9.17, 15) is 0 Å². The van der Waals surface area contributed by atoms with Crippen LogP contribution in [0.25, 0.3) is 0 Å². The van der Waals surface area contributed by atoms with E-state index in [1.54, 1.807) is 0 Å². The van der Waals surface area contributed by atoms with Gasteiger partial charge in [0.15, 0.2) is 0 Å². The molecule has 0 unspecified atom stereocenters. The Hall–Kier alpha value is -1.03. The fourth-order valence-corrected chi connectivity index (χ4v) is 1.34. The van der Waals surface area contributed by atoms with Crippen molar-refractivity contribution < 1.29 is 4.74 Å². The lowest BCUT2D eigenvalue weighted by Gasteiger charge is -2.09. The predicted octanol–water partition coefficient (Wildman–Crippen LogP) is 2.13. The zero-order chi connectivity index (χ0) is 10.9. The van der Waals surface area contributed by atoms with Crippen molar-refractivity contribution >= 4 is 5.95 Å². The number of hydrogen-bond acceptors (Lipinski definition) is 3. The third-order valence-corrected chi connectivity index (χ3v) is 2.21. The van der Waals surface area contributed by atoms with Crippen LogP contribution in [0, 0.1) is 0 Å². The second kappa shape index (κ2) is 7.29. The van der Waals surface area contributed by atoms with Crippen LogP contribution in [0.1, 0.15) is 26.7 Å². The lowest BCUT2D eigenvalue weighted by Crippen LogP contribution is -2.11. The molecule has 0 radical (unpaired) electrons. The van der Waals surface area contributed by atoms with Gasteiger partial charge in [-0.25, -0.2) is 4.98 Å². The van der Waals surface area contributed by atoms with Crippen molar-refractivity contribution in [2.75, 3.05) is 25.1 Å². The molecule has 0 bridgehead atoms. The molecule has 0 saturated carbocycles. The zero-order valence-corrected chi connectivity index (χ0v) is 9.70. The molecule has 15 heavy (non-hydrogen) atoms. The highest BCUT2D eigenvalue weighted by atomic mass is 16.5. The normalized spacial score (nSPS) is 10.5. The number of imidazole rings is 1. The summed E-state index contributed by atoms with van der Waals surface area (Å²) in [6.07, 6.45) is 6.18. The first-order chi connectivity index (χ1) is 7.38. The maximum absolute atomic E-state index is 5.31. The Morgan fingerprint density at radius 2 is 2.33 bits per heavy atom. The number of rotatable bonds is 8. The zero-order valence-electron chi connectivity index (χ0n) is 9.70. The molecule has 0 atom stereocenters. The molecule has 1 aromatic heterocycles. The summed E-state index contributed by atoms with van der Waals surface area (Å²) in [5, 5.41) is 3.32. The summed E-state index contributed by atoms with van der Waals surface area (Å²) < 4.78 is 7.40. The van der Waals surface area contributed by atoms with Crippen molar-refractivity contribution in [2.24, 2.45) is 0 Å². The number of nitrogens with zero attached hydrogens (tertiary/aromatic N) is 2. The Morgan fingerprint density at radius 3 is 3.07 bits per heavy atom. The third-order valence-electron chi connectivity index (χ3n) is 2.21. The number of aromatic nitrogens is 2. The predicted molar refractivity (Wildman–Crippen MR) is 62.1 cm³/mol. The van der Waals surface area contributed by atoms with Gasteiger partial charge in [0.2, 0.25) is 5.95 Å². The molecule has 1 heterocycles. The average Bonchev–Trinajstić information content (AvgIpc) is 2.67. The Bertz CT molecular complexity index is 236. The summed E-state index contributed by atoms with van der Waals surface area (Å²) in [6.45, 7) is 7.56. The molecule has 0 aliphatic rings. The van der Waals surface area contributed by atoms with Crippen molar-refractivity contribution in [2.45, 2.75) is 33.2 Å². The van der Waals surface area contributed by atoms with Crippen LogP contribution >= 0.6 is 0 Å². The van der Waals surface area contributed by atoms with Crippen molar-refractivity contribution in [3.8, 4) is 0 Å². The van der Waals surface area contributed by atoms with E-state index >= 15 is 0 Å². The molecular weight excluding hydrogens is 190 g/mol. The Morgan fingerprint density at radius 1 is 1.47 bits per heavy atom. The molecule has 0 aliphatic carbocycles. The van der Waals surface area contributed by atoms with Gasteiger partial charge in [0.25, 0.3) is 0 Å². The summed E-state index contributed by atoms with van der Waals surface area (Å²) >= 11 is 0. The van der Waals surface area contributed by atoms with Gasteiger partial charge in [0.05, 0.1) is 6.61 Å². The number of unbranched alkanes of at least 4 members (excludes halogenated alkanes) is 1. The van der Waals surface area contributed by atoms with Crippen LogP contribution < -0.4 is 5.32 Å². The summed E-state index contributed by atoms with van der Waals surface area (Å²) in [5.41, 5.74) is 0. The molecule has 86 valence electrons. The van der Waals surface area contributed by atoms with E-state index in [2.05, 4.69) is 21.8 Å². The minimum atomic E-state index is 0.745. The van der Waals surface area contributed by atoms with Crippen LogP contribution in [0.4, 0.5) is 5.95 Å². The van der Waals surface area contributed by atoms with Gasteiger partial charge >= 0.3 is 0 Å². The highest BCUT2D eigenvalue weighted by Crippen LogP contribution is 2.04. The summed E-state index contributed by atoms with van der Waals surface area (Å²) in [7, 11) is 0. The average molecular weight is 211 g/mol. The van der Waals surface area contributed by atoms with Crippen LogP contribution in [0.15, 0.2) is 12.4 Å². The number of anilines is 1. The van der Waals surface area contributed by atoms with E-state index in [0.29, 0.717) is 0 Å². The molecule has 1 N–H and O–H groups in total. The molecule has 1 aromatic rings. The lowest BCUT2D eigenvalue weighted by atomic mass is 10.3. The molecule has 1 rings (SSSR count). The van der Waals surface area contributed by atoms with Crippen molar-refractivity contribution in [3.63, 3.8) is 0 Å². The topological polar surface area (TPSA) is 39.1 Å². The smallest absolute Gasteiger partial charge is 0.202 e. The van der Waals surface area contributed by atoms with Gasteiger partial charge in [-0.2, -0.15) is 0 Å². The van der Waals surface area contributed by atoms with Crippen LogP contribution in [0.5, 0.6) is 0 Å². The van der Waals surface area contributed by atoms with E-state index in [-0.39, 0.29) is 0 Å². The van der Waals surface area contributed by atoms with Crippen molar-refractivity contribution in [1.29, 1.82) is 0 Å². The second-order valence-electron chi connectivity index (χ2n) is 3.42. The lowest BCUT2D eigenvalue weighted by molar-refractivity contribution is 0.139. The standard InChI is InChI=1S/C11H21N3O/c1-3-5-6-12-11-13-7-8-14(11)9-10-15-4-2/h7-8H,3-6,9-10H2,1-2H3,(H,12,13). The van der Waals surface area contributed by atoms with E-state index in [0.717, 1.165) is 32.3 Å². The number of ether oxygens (including phenoxy) is 1. The maximum Gasteiger partial charge on any atom is 0.202 e. The second-order valence-corrected chi connectivity index (χ2v) is 3.42. The van der Waals surface area contributed by atoms with Gasteiger partial charge < -0.3 is 14.6 Å². The van der Waals surface area contributed by atoms with E-state index < -0.39 is 0 Å². The quantitative estimate of drug-likeness (QED) is 0.669. The number of hydrogen-bond donors (Lipinski definition) is 1. The first-order valence-electron chi connectivity index (χ1n) is 5.71. The van der Waals surface area contributed by atoms with Crippen LogP contribution in [-0.4, -0.2) is 29.3 Å².